The summed E-state index contributed by atoms with van der Waals surface area (Å²) in [5.41, 5.74) is 1.77. The Morgan fingerprint density at radius 1 is 1.26 bits per heavy atom. The van der Waals surface area contributed by atoms with E-state index in [9.17, 15) is 4.39 Å². The highest BCUT2D eigenvalue weighted by atomic mass is 79.9. The van der Waals surface area contributed by atoms with Gasteiger partial charge in [0.15, 0.2) is 0 Å². The summed E-state index contributed by atoms with van der Waals surface area (Å²) in [7, 11) is 1.94. The van der Waals surface area contributed by atoms with Crippen LogP contribution >= 0.6 is 15.9 Å². The third kappa shape index (κ3) is 2.95. The summed E-state index contributed by atoms with van der Waals surface area (Å²) in [4.78, 5) is 6.39. The Bertz CT molecular complexity index is 559. The fraction of sp³-hybridized carbons (Fsp3) is 0.267. The van der Waals surface area contributed by atoms with Gasteiger partial charge in [-0.15, -0.1) is 0 Å². The summed E-state index contributed by atoms with van der Waals surface area (Å²) in [6, 6.07) is 10.7. The molecule has 0 aliphatic heterocycles. The van der Waals surface area contributed by atoms with Gasteiger partial charge in [0.25, 0.3) is 0 Å². The maximum absolute atomic E-state index is 13.8. The molecule has 0 N–H and O–H groups in total. The molecule has 0 spiro atoms. The maximum atomic E-state index is 13.8. The Morgan fingerprint density at radius 3 is 2.68 bits per heavy atom. The van der Waals surface area contributed by atoms with Crippen molar-refractivity contribution in [3.8, 4) is 0 Å². The molecule has 2 aromatic rings. The number of pyridine rings is 1. The van der Waals surface area contributed by atoms with Crippen LogP contribution < -0.4 is 4.90 Å². The fourth-order valence-electron chi connectivity index (χ4n) is 2.06. The number of aromatic nitrogens is 1. The molecule has 1 aromatic heterocycles. The first-order chi connectivity index (χ1) is 9.15. The number of halogens is 2. The van der Waals surface area contributed by atoms with Crippen molar-refractivity contribution in [1.29, 1.82) is 0 Å². The van der Waals surface area contributed by atoms with Gasteiger partial charge < -0.3 is 4.90 Å². The SMILES string of the molecule is CC(c1ccccc1F)N(C)c1ncccc1CBr. The van der Waals surface area contributed by atoms with Crippen molar-refractivity contribution in [3.63, 3.8) is 0 Å². The topological polar surface area (TPSA) is 16.1 Å². The molecule has 2 rings (SSSR count). The van der Waals surface area contributed by atoms with E-state index in [0.29, 0.717) is 5.56 Å². The minimum Gasteiger partial charge on any atom is -0.353 e. The second-order valence-corrected chi connectivity index (χ2v) is 4.99. The Hall–Kier alpha value is -1.42. The van der Waals surface area contributed by atoms with Crippen LogP contribution in [0.1, 0.15) is 24.1 Å². The molecule has 0 amide bonds. The lowest BCUT2D eigenvalue weighted by Gasteiger charge is -2.28. The molecule has 100 valence electrons. The quantitative estimate of drug-likeness (QED) is 0.779. The summed E-state index contributed by atoms with van der Waals surface area (Å²) in [6.45, 7) is 1.98. The average molecular weight is 323 g/mol. The first-order valence-corrected chi connectivity index (χ1v) is 7.24. The number of hydrogen-bond acceptors (Lipinski definition) is 2. The first-order valence-electron chi connectivity index (χ1n) is 6.12. The van der Waals surface area contributed by atoms with Crippen molar-refractivity contribution in [2.24, 2.45) is 0 Å². The van der Waals surface area contributed by atoms with Gasteiger partial charge in [0.2, 0.25) is 0 Å². The van der Waals surface area contributed by atoms with Gasteiger partial charge in [-0.05, 0) is 19.1 Å². The smallest absolute Gasteiger partial charge is 0.132 e. The van der Waals surface area contributed by atoms with Crippen LogP contribution in [0.25, 0.3) is 0 Å². The van der Waals surface area contributed by atoms with Gasteiger partial charge in [0, 0.05) is 29.7 Å². The van der Waals surface area contributed by atoms with Crippen molar-refractivity contribution >= 4 is 21.7 Å². The zero-order valence-corrected chi connectivity index (χ0v) is 12.6. The summed E-state index contributed by atoms with van der Waals surface area (Å²) in [5.74, 6) is 0.688. The predicted octanol–water partition coefficient (Wildman–Crippen LogP) is 4.31. The molecular weight excluding hydrogens is 307 g/mol. The Labute approximate surface area is 121 Å². The standard InChI is InChI=1S/C15H16BrFN2/c1-11(13-7-3-4-8-14(13)17)19(2)15-12(10-16)6-5-9-18-15/h3-9,11H,10H2,1-2H3. The molecule has 1 heterocycles. The van der Waals surface area contributed by atoms with Crippen LogP contribution in [-0.2, 0) is 5.33 Å². The van der Waals surface area contributed by atoms with Crippen molar-refractivity contribution in [1.82, 2.24) is 4.98 Å². The minimum absolute atomic E-state index is 0.0751. The Kier molecular flexibility index (Phi) is 4.53. The first kappa shape index (κ1) is 14.0. The van der Waals surface area contributed by atoms with E-state index >= 15 is 0 Å². The van der Waals surface area contributed by atoms with E-state index in [1.54, 1.807) is 12.3 Å². The van der Waals surface area contributed by atoms with Crippen LogP contribution in [0.2, 0.25) is 0 Å². The van der Waals surface area contributed by atoms with Gasteiger partial charge in [-0.2, -0.15) is 0 Å². The molecule has 1 atom stereocenters. The van der Waals surface area contributed by atoms with Gasteiger partial charge >= 0.3 is 0 Å². The van der Waals surface area contributed by atoms with Crippen molar-refractivity contribution < 1.29 is 4.39 Å². The number of anilines is 1. The van der Waals surface area contributed by atoms with Crippen molar-refractivity contribution in [2.75, 3.05) is 11.9 Å². The number of rotatable bonds is 4. The molecule has 1 aromatic carbocycles. The molecule has 19 heavy (non-hydrogen) atoms. The highest BCUT2D eigenvalue weighted by Crippen LogP contribution is 2.28. The molecule has 0 aliphatic carbocycles. The van der Waals surface area contributed by atoms with E-state index in [1.165, 1.54) is 6.07 Å². The number of benzene rings is 1. The molecular formula is C15H16BrFN2. The minimum atomic E-state index is -0.182. The zero-order valence-electron chi connectivity index (χ0n) is 11.0. The van der Waals surface area contributed by atoms with Crippen LogP contribution in [0.3, 0.4) is 0 Å². The van der Waals surface area contributed by atoms with E-state index < -0.39 is 0 Å². The lowest BCUT2D eigenvalue weighted by Crippen LogP contribution is -2.24. The number of hydrogen-bond donors (Lipinski definition) is 0. The van der Waals surface area contributed by atoms with E-state index in [4.69, 9.17) is 0 Å². The van der Waals surface area contributed by atoms with Crippen molar-refractivity contribution in [3.05, 3.63) is 59.5 Å². The summed E-state index contributed by atoms with van der Waals surface area (Å²) >= 11 is 3.46. The molecule has 0 radical (unpaired) electrons. The molecule has 0 bridgehead atoms. The third-order valence-corrected chi connectivity index (χ3v) is 3.89. The van der Waals surface area contributed by atoms with Gasteiger partial charge in [-0.25, -0.2) is 9.37 Å². The van der Waals surface area contributed by atoms with E-state index in [2.05, 4.69) is 20.9 Å². The molecule has 0 saturated carbocycles. The van der Waals surface area contributed by atoms with Gasteiger partial charge in [0.1, 0.15) is 11.6 Å². The summed E-state index contributed by atoms with van der Waals surface area (Å²) in [5, 5.41) is 0.727. The lowest BCUT2D eigenvalue weighted by molar-refractivity contribution is 0.584. The third-order valence-electron chi connectivity index (χ3n) is 3.28. The average Bonchev–Trinajstić information content (AvgIpc) is 2.46. The van der Waals surface area contributed by atoms with Crippen LogP contribution in [0.15, 0.2) is 42.6 Å². The van der Waals surface area contributed by atoms with Crippen LogP contribution in [-0.4, -0.2) is 12.0 Å². The molecule has 1 unspecified atom stereocenters. The normalized spacial score (nSPS) is 12.2. The second-order valence-electron chi connectivity index (χ2n) is 4.43. The van der Waals surface area contributed by atoms with Crippen molar-refractivity contribution in [2.45, 2.75) is 18.3 Å². The summed E-state index contributed by atoms with van der Waals surface area (Å²) in [6.07, 6.45) is 1.76. The molecule has 0 fully saturated rings. The molecule has 4 heteroatoms. The Morgan fingerprint density at radius 2 is 2.00 bits per heavy atom. The molecule has 2 nitrogen and oxygen atoms in total. The summed E-state index contributed by atoms with van der Waals surface area (Å²) < 4.78 is 13.8. The van der Waals surface area contributed by atoms with E-state index in [0.717, 1.165) is 16.7 Å². The Balaban J connectivity index is 2.34. The van der Waals surface area contributed by atoms with Crippen LogP contribution in [0.5, 0.6) is 0 Å². The molecule has 0 aliphatic rings. The highest BCUT2D eigenvalue weighted by molar-refractivity contribution is 9.08. The van der Waals surface area contributed by atoms with E-state index in [-0.39, 0.29) is 11.9 Å². The maximum Gasteiger partial charge on any atom is 0.132 e. The second kappa shape index (κ2) is 6.15. The predicted molar refractivity (Wildman–Crippen MR) is 80.1 cm³/mol. The van der Waals surface area contributed by atoms with E-state index in [1.807, 2.05) is 43.1 Å². The zero-order chi connectivity index (χ0) is 13.8. The number of nitrogens with zero attached hydrogens (tertiary/aromatic N) is 2. The fourth-order valence-corrected chi connectivity index (χ4v) is 2.50. The largest absolute Gasteiger partial charge is 0.353 e. The highest BCUT2D eigenvalue weighted by Gasteiger charge is 2.18. The van der Waals surface area contributed by atoms with Gasteiger partial charge in [-0.3, -0.25) is 0 Å². The van der Waals surface area contributed by atoms with Crippen LogP contribution in [0.4, 0.5) is 10.2 Å². The monoisotopic (exact) mass is 322 g/mol. The van der Waals surface area contributed by atoms with Gasteiger partial charge in [-0.1, -0.05) is 40.2 Å². The van der Waals surface area contributed by atoms with Crippen LogP contribution in [0, 0.1) is 5.82 Å². The lowest BCUT2D eigenvalue weighted by atomic mass is 10.1. The molecule has 0 saturated heterocycles. The number of alkyl halides is 1. The van der Waals surface area contributed by atoms with Gasteiger partial charge in [0.05, 0.1) is 6.04 Å².